The van der Waals surface area contributed by atoms with Crippen LogP contribution in [0.3, 0.4) is 0 Å². The zero-order chi connectivity index (χ0) is 26.8. The average molecular weight is 527 g/mol. The number of imidazole rings is 1. The van der Waals surface area contributed by atoms with Crippen molar-refractivity contribution in [1.29, 1.82) is 0 Å². The smallest absolute Gasteiger partial charge is 0.326 e. The molecule has 12 heteroatoms. The van der Waals surface area contributed by atoms with Crippen LogP contribution >= 0.6 is 0 Å². The summed E-state index contributed by atoms with van der Waals surface area (Å²) in [6, 6.07) is 12.1. The van der Waals surface area contributed by atoms with Gasteiger partial charge in [-0.3, -0.25) is 9.36 Å². The first-order valence-corrected chi connectivity index (χ1v) is 12.0. The highest BCUT2D eigenvalue weighted by Crippen LogP contribution is 2.29. The van der Waals surface area contributed by atoms with Gasteiger partial charge < -0.3 is 20.1 Å². The third-order valence-corrected chi connectivity index (χ3v) is 6.03. The van der Waals surface area contributed by atoms with Gasteiger partial charge in [0.15, 0.2) is 23.2 Å². The number of rotatable bonds is 10. The molecule has 1 aliphatic carbocycles. The molecule has 1 aliphatic rings. The molecule has 0 saturated heterocycles. The Kier molecular flexibility index (Phi) is 7.03. The van der Waals surface area contributed by atoms with E-state index in [9.17, 15) is 18.0 Å². The van der Waals surface area contributed by atoms with E-state index in [1.807, 2.05) is 13.0 Å². The Morgan fingerprint density at radius 3 is 2.50 bits per heavy atom. The number of hydrogen-bond donors (Lipinski definition) is 2. The second-order valence-electron chi connectivity index (χ2n) is 8.90. The summed E-state index contributed by atoms with van der Waals surface area (Å²) in [5.41, 5.74) is 2.51. The average Bonchev–Trinajstić information content (AvgIpc) is 3.62. The van der Waals surface area contributed by atoms with Gasteiger partial charge >= 0.3 is 6.01 Å². The largest absolute Gasteiger partial charge is 0.497 e. The van der Waals surface area contributed by atoms with Gasteiger partial charge in [-0.05, 0) is 67.8 Å². The Labute approximate surface area is 216 Å². The summed E-state index contributed by atoms with van der Waals surface area (Å²) < 4.78 is 51.8. The molecule has 0 spiro atoms. The lowest BCUT2D eigenvalue weighted by atomic mass is 10.1. The second-order valence-corrected chi connectivity index (χ2v) is 8.90. The first-order chi connectivity index (χ1) is 18.3. The minimum atomic E-state index is -3.15. The Bertz CT molecular complexity index is 1460. The van der Waals surface area contributed by atoms with Gasteiger partial charge in [-0.25, -0.2) is 18.2 Å². The molecular weight excluding hydrogens is 501 g/mol. The van der Waals surface area contributed by atoms with E-state index in [-0.39, 0.29) is 29.3 Å². The normalized spacial score (nSPS) is 13.9. The lowest BCUT2D eigenvalue weighted by Crippen LogP contribution is -2.26. The number of alkyl halides is 3. The predicted octanol–water partition coefficient (Wildman–Crippen LogP) is 4.83. The Morgan fingerprint density at radius 1 is 1.11 bits per heavy atom. The molecule has 4 aromatic rings. The standard InChI is InChI=1S/C26H25F3N6O3/c1-14-11-16(5-10-19(14)25(36)32-15-3-4-15)35-13-31-21-23(30-12-20(27)22(28)29)33-26(34-24(21)35)38-18-8-6-17(37-2)7-9-18/h5-11,13,15,20,22H,3-4,12H2,1-2H3,(H,32,36)(H,30,33,34). The fourth-order valence-electron chi connectivity index (χ4n) is 3.81. The van der Waals surface area contributed by atoms with Crippen LogP contribution in [0.2, 0.25) is 0 Å². The molecule has 1 atom stereocenters. The number of nitrogens with zero attached hydrogens (tertiary/aromatic N) is 4. The van der Waals surface area contributed by atoms with Crippen molar-refractivity contribution < 1.29 is 27.4 Å². The number of carbonyl (C=O) groups is 1. The van der Waals surface area contributed by atoms with Gasteiger partial charge in [0.2, 0.25) is 0 Å². The number of methoxy groups -OCH3 is 1. The molecule has 2 heterocycles. The molecule has 0 aliphatic heterocycles. The van der Waals surface area contributed by atoms with Crippen molar-refractivity contribution in [3.05, 3.63) is 59.9 Å². The predicted molar refractivity (Wildman–Crippen MR) is 134 cm³/mol. The summed E-state index contributed by atoms with van der Waals surface area (Å²) in [4.78, 5) is 25.6. The van der Waals surface area contributed by atoms with E-state index >= 15 is 0 Å². The van der Waals surface area contributed by atoms with E-state index in [1.165, 1.54) is 13.4 Å². The summed E-state index contributed by atoms with van der Waals surface area (Å²) in [7, 11) is 1.54. The number of ether oxygens (including phenoxy) is 2. The number of carbonyl (C=O) groups excluding carboxylic acids is 1. The van der Waals surface area contributed by atoms with E-state index in [1.54, 1.807) is 41.0 Å². The molecule has 1 amide bonds. The van der Waals surface area contributed by atoms with Crippen LogP contribution in [0.5, 0.6) is 17.5 Å². The highest BCUT2D eigenvalue weighted by atomic mass is 19.3. The molecule has 1 saturated carbocycles. The van der Waals surface area contributed by atoms with Crippen LogP contribution < -0.4 is 20.1 Å². The molecule has 2 aromatic carbocycles. The third-order valence-electron chi connectivity index (χ3n) is 6.03. The Morgan fingerprint density at radius 2 is 1.84 bits per heavy atom. The van der Waals surface area contributed by atoms with Crippen LogP contribution in [0.1, 0.15) is 28.8 Å². The maximum Gasteiger partial charge on any atom is 0.326 e. The first-order valence-electron chi connectivity index (χ1n) is 12.0. The van der Waals surface area contributed by atoms with Gasteiger partial charge in [0.05, 0.1) is 13.7 Å². The molecule has 1 unspecified atom stereocenters. The fourth-order valence-corrected chi connectivity index (χ4v) is 3.81. The number of halogens is 3. The monoisotopic (exact) mass is 526 g/mol. The number of fused-ring (bicyclic) bond motifs is 1. The number of benzene rings is 2. The van der Waals surface area contributed by atoms with E-state index in [0.717, 1.165) is 18.4 Å². The number of anilines is 1. The number of aryl methyl sites for hydroxylation is 1. The van der Waals surface area contributed by atoms with E-state index < -0.39 is 19.1 Å². The molecule has 5 rings (SSSR count). The highest BCUT2D eigenvalue weighted by Gasteiger charge is 2.25. The van der Waals surface area contributed by atoms with E-state index in [2.05, 4.69) is 25.6 Å². The van der Waals surface area contributed by atoms with Crippen molar-refractivity contribution in [2.45, 2.75) is 38.4 Å². The summed E-state index contributed by atoms with van der Waals surface area (Å²) in [6.07, 6.45) is -2.08. The maximum absolute atomic E-state index is 13.7. The molecule has 0 bridgehead atoms. The highest BCUT2D eigenvalue weighted by molar-refractivity contribution is 5.96. The van der Waals surface area contributed by atoms with Crippen molar-refractivity contribution >= 4 is 22.9 Å². The molecule has 1 fully saturated rings. The van der Waals surface area contributed by atoms with Crippen LogP contribution in [-0.2, 0) is 0 Å². The summed E-state index contributed by atoms with van der Waals surface area (Å²) >= 11 is 0. The zero-order valence-corrected chi connectivity index (χ0v) is 20.6. The van der Waals surface area contributed by atoms with Gasteiger partial charge in [0, 0.05) is 17.3 Å². The van der Waals surface area contributed by atoms with Crippen molar-refractivity contribution in [3.8, 4) is 23.2 Å². The molecular formula is C26H25F3N6O3. The topological polar surface area (TPSA) is 103 Å². The second kappa shape index (κ2) is 10.6. The zero-order valence-electron chi connectivity index (χ0n) is 20.6. The summed E-state index contributed by atoms with van der Waals surface area (Å²) in [5, 5.41) is 5.58. The van der Waals surface area contributed by atoms with Crippen molar-refractivity contribution in [2.24, 2.45) is 0 Å². The quantitative estimate of drug-likeness (QED) is 0.305. The fraction of sp³-hybridized carbons (Fsp3) is 0.308. The minimum Gasteiger partial charge on any atom is -0.497 e. The Balaban J connectivity index is 1.50. The molecule has 9 nitrogen and oxygen atoms in total. The summed E-state index contributed by atoms with van der Waals surface area (Å²) in [6.45, 7) is 1.15. The lowest BCUT2D eigenvalue weighted by molar-refractivity contribution is 0.0570. The van der Waals surface area contributed by atoms with Crippen LogP contribution in [0.4, 0.5) is 19.0 Å². The van der Waals surface area contributed by atoms with Gasteiger partial charge in [0.25, 0.3) is 12.3 Å². The number of aromatic nitrogens is 4. The number of nitrogens with one attached hydrogen (secondary N) is 2. The van der Waals surface area contributed by atoms with Gasteiger partial charge in [-0.15, -0.1) is 0 Å². The van der Waals surface area contributed by atoms with Crippen LogP contribution in [0, 0.1) is 6.92 Å². The van der Waals surface area contributed by atoms with Gasteiger partial charge in [0.1, 0.15) is 17.8 Å². The first kappa shape index (κ1) is 25.3. The molecule has 198 valence electrons. The van der Waals surface area contributed by atoms with Crippen molar-refractivity contribution in [2.75, 3.05) is 19.0 Å². The molecule has 0 radical (unpaired) electrons. The Hall–Kier alpha value is -4.35. The summed E-state index contributed by atoms with van der Waals surface area (Å²) in [5.74, 6) is 0.938. The SMILES string of the molecule is COc1ccc(Oc2nc(NCC(F)C(F)F)c3ncn(-c4ccc(C(=O)NC5CC5)c(C)c4)c3n2)cc1. The van der Waals surface area contributed by atoms with Crippen molar-refractivity contribution in [1.82, 2.24) is 24.8 Å². The van der Waals surface area contributed by atoms with Crippen molar-refractivity contribution in [3.63, 3.8) is 0 Å². The molecule has 2 aromatic heterocycles. The van der Waals surface area contributed by atoms with Crippen LogP contribution in [0.15, 0.2) is 48.8 Å². The van der Waals surface area contributed by atoms with Crippen LogP contribution in [0.25, 0.3) is 16.9 Å². The molecule has 38 heavy (non-hydrogen) atoms. The maximum atomic E-state index is 13.7. The molecule has 2 N–H and O–H groups in total. The van der Waals surface area contributed by atoms with E-state index in [4.69, 9.17) is 9.47 Å². The number of amides is 1. The number of hydrogen-bond acceptors (Lipinski definition) is 7. The minimum absolute atomic E-state index is 0.0396. The van der Waals surface area contributed by atoms with Gasteiger partial charge in [-0.2, -0.15) is 9.97 Å². The van der Waals surface area contributed by atoms with Gasteiger partial charge in [-0.1, -0.05) is 0 Å². The van der Waals surface area contributed by atoms with E-state index in [0.29, 0.717) is 28.4 Å². The lowest BCUT2D eigenvalue weighted by Gasteiger charge is -2.13. The third kappa shape index (κ3) is 5.48. The van der Waals surface area contributed by atoms with Crippen LogP contribution in [-0.4, -0.2) is 57.7 Å².